The van der Waals surface area contributed by atoms with Gasteiger partial charge in [0.15, 0.2) is 0 Å². The van der Waals surface area contributed by atoms with Gasteiger partial charge >= 0.3 is 37.7 Å². The van der Waals surface area contributed by atoms with Gasteiger partial charge < -0.3 is 21.0 Å². The SMILES string of the molecule is C.ClP(c1ccccc1)c1ccccc1.[Cl-].[Li+].[Li+].c1ccc([P-]c2ccccc2)cc1. The van der Waals surface area contributed by atoms with Gasteiger partial charge in [0.25, 0.3) is 0 Å². The third-order valence-corrected chi connectivity index (χ3v) is 7.52. The van der Waals surface area contributed by atoms with Gasteiger partial charge in [-0.25, -0.2) is 10.6 Å². The molecule has 0 bridgehead atoms. The first kappa shape index (κ1) is 32.7. The van der Waals surface area contributed by atoms with Crippen LogP contribution in [0.15, 0.2) is 121 Å². The van der Waals surface area contributed by atoms with E-state index in [0.717, 1.165) is 0 Å². The second-order valence-corrected chi connectivity index (χ2v) is 9.60. The molecule has 0 N–H and O–H groups in total. The fourth-order valence-electron chi connectivity index (χ4n) is 2.42. The summed E-state index contributed by atoms with van der Waals surface area (Å²) in [6, 6.07) is 41.4. The van der Waals surface area contributed by atoms with E-state index in [2.05, 4.69) is 72.8 Å². The fraction of sp³-hybridized carbons (Fsp3) is 0.0400. The van der Waals surface area contributed by atoms with Crippen molar-refractivity contribution in [3.05, 3.63) is 121 Å². The van der Waals surface area contributed by atoms with Crippen LogP contribution >= 0.6 is 27.1 Å². The molecule has 31 heavy (non-hydrogen) atoms. The van der Waals surface area contributed by atoms with Crippen molar-refractivity contribution in [2.24, 2.45) is 0 Å². The molecule has 4 aromatic carbocycles. The Hall–Kier alpha value is -0.485. The molecular weight excluding hydrogens is 447 g/mol. The van der Waals surface area contributed by atoms with E-state index in [4.69, 9.17) is 11.2 Å². The molecule has 6 heteroatoms. The Bertz CT molecular complexity index is 836. The summed E-state index contributed by atoms with van der Waals surface area (Å²) in [7, 11) is 0.584. The summed E-state index contributed by atoms with van der Waals surface area (Å²) >= 11 is 6.40. The van der Waals surface area contributed by atoms with Gasteiger partial charge in [-0.2, -0.15) is 0 Å². The molecule has 0 fully saturated rings. The summed E-state index contributed by atoms with van der Waals surface area (Å²) < 4.78 is 0. The second-order valence-electron chi connectivity index (χ2n) is 5.73. The Kier molecular flexibility index (Phi) is 20.1. The molecule has 0 aliphatic carbocycles. The predicted molar refractivity (Wildman–Crippen MR) is 131 cm³/mol. The number of hydrogen-bond donors (Lipinski definition) is 0. The van der Waals surface area contributed by atoms with Crippen LogP contribution in [0.3, 0.4) is 0 Å². The summed E-state index contributed by atoms with van der Waals surface area (Å²) in [6.45, 7) is 0. The summed E-state index contributed by atoms with van der Waals surface area (Å²) in [5.74, 6) is 0. The topological polar surface area (TPSA) is 0 Å². The molecule has 0 saturated carbocycles. The molecular formula is C25H24Cl2Li2P2. The standard InChI is InChI=1S/C12H10ClP.C12H10P.CH4.ClH.2Li/c13-14(11-7-3-1-4-8-11)12-9-5-2-6-10-12;1-3-7-11(8-4-1)13-12-9-5-2-6-10-12;;;;/h1-10H;1-10H;1H4;1H;;/q;-1;;;2*+1/p-1. The number of benzene rings is 4. The zero-order valence-electron chi connectivity index (χ0n) is 17.2. The molecule has 0 aliphatic rings. The van der Waals surface area contributed by atoms with Crippen LogP contribution in [0, 0.1) is 0 Å². The molecule has 0 nitrogen and oxygen atoms in total. The molecule has 0 atom stereocenters. The van der Waals surface area contributed by atoms with Crippen LogP contribution in [0.5, 0.6) is 0 Å². The molecule has 0 aliphatic heterocycles. The van der Waals surface area contributed by atoms with E-state index in [1.54, 1.807) is 0 Å². The Morgan fingerprint density at radius 1 is 0.484 bits per heavy atom. The molecule has 4 rings (SSSR count). The maximum absolute atomic E-state index is 6.40. The molecule has 150 valence electrons. The Labute approximate surface area is 225 Å². The Morgan fingerprint density at radius 3 is 1.03 bits per heavy atom. The van der Waals surface area contributed by atoms with E-state index in [1.165, 1.54) is 29.8 Å². The van der Waals surface area contributed by atoms with Crippen molar-refractivity contribution in [1.29, 1.82) is 0 Å². The Morgan fingerprint density at radius 2 is 0.742 bits per heavy atom. The van der Waals surface area contributed by atoms with E-state index in [0.29, 0.717) is 0 Å². The summed E-state index contributed by atoms with van der Waals surface area (Å²) in [5.41, 5.74) is 0. The minimum atomic E-state index is -0.699. The van der Waals surface area contributed by atoms with Crippen molar-refractivity contribution in [1.82, 2.24) is 0 Å². The van der Waals surface area contributed by atoms with Crippen molar-refractivity contribution in [3.8, 4) is 0 Å². The van der Waals surface area contributed by atoms with Crippen molar-refractivity contribution in [2.45, 2.75) is 7.43 Å². The summed E-state index contributed by atoms with van der Waals surface area (Å²) in [5, 5.41) is 5.09. The van der Waals surface area contributed by atoms with E-state index >= 15 is 0 Å². The fourth-order valence-corrected chi connectivity index (χ4v) is 5.20. The first-order valence-electron chi connectivity index (χ1n) is 8.71. The van der Waals surface area contributed by atoms with Crippen molar-refractivity contribution < 1.29 is 50.1 Å². The maximum atomic E-state index is 6.40. The van der Waals surface area contributed by atoms with Crippen molar-refractivity contribution >= 4 is 48.3 Å². The van der Waals surface area contributed by atoms with Gasteiger partial charge in [0.2, 0.25) is 0 Å². The molecule has 0 heterocycles. The van der Waals surface area contributed by atoms with Gasteiger partial charge in [0.05, 0.1) is 7.27 Å². The second kappa shape index (κ2) is 19.0. The van der Waals surface area contributed by atoms with E-state index in [1.807, 2.05) is 48.5 Å². The molecule has 4 aromatic rings. The van der Waals surface area contributed by atoms with Crippen LogP contribution in [0.2, 0.25) is 0 Å². The minimum Gasteiger partial charge on any atom is -1.00 e. The van der Waals surface area contributed by atoms with Crippen LogP contribution in [0.25, 0.3) is 0 Å². The quantitative estimate of drug-likeness (QED) is 0.228. The number of hydrogen-bond acceptors (Lipinski definition) is 0. The number of halogens is 2. The molecule has 0 aromatic heterocycles. The molecule has 0 radical (unpaired) electrons. The third kappa shape index (κ3) is 11.8. The van der Waals surface area contributed by atoms with Gasteiger partial charge in [-0.05, 0) is 10.6 Å². The zero-order chi connectivity index (χ0) is 18.7. The van der Waals surface area contributed by atoms with Gasteiger partial charge in [0.1, 0.15) is 0 Å². The summed E-state index contributed by atoms with van der Waals surface area (Å²) in [4.78, 5) is 0. The Balaban J connectivity index is 0. The number of rotatable bonds is 4. The van der Waals surface area contributed by atoms with Gasteiger partial charge in [0, 0.05) is 0 Å². The minimum absolute atomic E-state index is 0. The molecule has 0 amide bonds. The van der Waals surface area contributed by atoms with Gasteiger partial charge in [-0.3, -0.25) is 0 Å². The van der Waals surface area contributed by atoms with Crippen LogP contribution in [0.1, 0.15) is 7.43 Å². The maximum Gasteiger partial charge on any atom is 1.00 e. The molecule has 0 unspecified atom stereocenters. The predicted octanol–water partition coefficient (Wildman–Crippen LogP) is -2.50. The first-order chi connectivity index (χ1) is 13.3. The molecule has 0 spiro atoms. The van der Waals surface area contributed by atoms with Crippen LogP contribution in [0.4, 0.5) is 0 Å². The third-order valence-electron chi connectivity index (χ3n) is 3.74. The normalized spacial score (nSPS) is 8.84. The van der Waals surface area contributed by atoms with Gasteiger partial charge in [-0.15, -0.1) is 0 Å². The van der Waals surface area contributed by atoms with Crippen molar-refractivity contribution in [3.63, 3.8) is 0 Å². The van der Waals surface area contributed by atoms with Crippen LogP contribution in [-0.2, 0) is 0 Å². The monoisotopic (exact) mass is 470 g/mol. The summed E-state index contributed by atoms with van der Waals surface area (Å²) in [6.07, 6.45) is 0. The van der Waals surface area contributed by atoms with Crippen LogP contribution < -0.4 is 71.3 Å². The average molecular weight is 471 g/mol. The van der Waals surface area contributed by atoms with Gasteiger partial charge in [-0.1, -0.05) is 140 Å². The first-order valence-corrected chi connectivity index (χ1v) is 11.8. The largest absolute Gasteiger partial charge is 1.00 e. The molecule has 0 saturated heterocycles. The van der Waals surface area contributed by atoms with Crippen LogP contribution in [-0.4, -0.2) is 0 Å². The van der Waals surface area contributed by atoms with E-state index in [9.17, 15) is 0 Å². The van der Waals surface area contributed by atoms with E-state index in [-0.39, 0.29) is 57.6 Å². The average Bonchev–Trinajstić information content (AvgIpc) is 2.76. The van der Waals surface area contributed by atoms with E-state index < -0.39 is 7.27 Å². The smallest absolute Gasteiger partial charge is 1.00 e. The van der Waals surface area contributed by atoms with Crippen molar-refractivity contribution in [2.75, 3.05) is 0 Å². The zero-order valence-corrected chi connectivity index (χ0v) is 20.5.